The van der Waals surface area contributed by atoms with E-state index in [4.69, 9.17) is 0 Å². The van der Waals surface area contributed by atoms with Crippen molar-refractivity contribution in [2.45, 2.75) is 25.8 Å². The zero-order valence-corrected chi connectivity index (χ0v) is 7.71. The first-order valence-corrected chi connectivity index (χ1v) is 4.39. The average molecular weight is 192 g/mol. The van der Waals surface area contributed by atoms with E-state index in [9.17, 15) is 4.79 Å². The van der Waals surface area contributed by atoms with E-state index in [0.29, 0.717) is 0 Å². The van der Waals surface area contributed by atoms with Gasteiger partial charge < -0.3 is 0 Å². The van der Waals surface area contributed by atoms with Crippen molar-refractivity contribution in [1.82, 2.24) is 3.96 Å². The Bertz CT molecular complexity index is 264. The van der Waals surface area contributed by atoms with Crippen molar-refractivity contribution in [3.8, 4) is 0 Å². The van der Waals surface area contributed by atoms with Crippen LogP contribution >= 0.6 is 23.9 Å². The molecule has 1 aromatic heterocycles. The quantitative estimate of drug-likeness (QED) is 0.612. The number of hydrogen-bond donors (Lipinski definition) is 0. The molecule has 62 valence electrons. The van der Waals surface area contributed by atoms with Gasteiger partial charge in [-0.05, 0) is 19.3 Å². The Hall–Kier alpha value is -0.280. The molecule has 2 nitrogen and oxygen atoms in total. The molecule has 0 amide bonds. The second kappa shape index (κ2) is 3.41. The molecule has 0 aliphatic carbocycles. The van der Waals surface area contributed by atoms with Crippen LogP contribution in [0.3, 0.4) is 0 Å². The van der Waals surface area contributed by atoms with Gasteiger partial charge in [0.1, 0.15) is 0 Å². The Kier molecular flexibility index (Phi) is 2.73. The van der Waals surface area contributed by atoms with Gasteiger partial charge in [-0.15, -0.1) is 12.4 Å². The maximum atomic E-state index is 11.2. The number of rotatable bonds is 0. The third-order valence-electron chi connectivity index (χ3n) is 1.88. The molecular formula is C7H10ClNOS. The first kappa shape index (κ1) is 8.81. The Morgan fingerprint density at radius 3 is 3.09 bits per heavy atom. The second-order valence-corrected chi connectivity index (χ2v) is 3.50. The lowest BCUT2D eigenvalue weighted by Gasteiger charge is -1.95. The molecule has 0 N–H and O–H groups in total. The van der Waals surface area contributed by atoms with E-state index >= 15 is 0 Å². The summed E-state index contributed by atoms with van der Waals surface area (Å²) in [6.07, 6.45) is 3.33. The van der Waals surface area contributed by atoms with Crippen LogP contribution in [-0.2, 0) is 13.0 Å². The van der Waals surface area contributed by atoms with Crippen molar-refractivity contribution in [3.05, 3.63) is 21.3 Å². The molecule has 4 heteroatoms. The lowest BCUT2D eigenvalue weighted by atomic mass is 10.2. The van der Waals surface area contributed by atoms with Crippen LogP contribution in [0.2, 0.25) is 0 Å². The molecule has 1 aliphatic heterocycles. The molecule has 1 aromatic rings. The van der Waals surface area contributed by atoms with E-state index in [1.165, 1.54) is 6.42 Å². The number of halogens is 1. The van der Waals surface area contributed by atoms with Crippen molar-refractivity contribution in [2.75, 3.05) is 0 Å². The van der Waals surface area contributed by atoms with Gasteiger partial charge in [-0.3, -0.25) is 8.75 Å². The SMILES string of the molecule is Cl.O=c1c2csn1CCCC2. The largest absolute Gasteiger partial charge is 0.268 e. The molecule has 1 aliphatic rings. The molecular weight excluding hydrogens is 182 g/mol. The first-order chi connectivity index (χ1) is 4.88. The maximum Gasteiger partial charge on any atom is 0.263 e. The molecule has 0 saturated heterocycles. The predicted octanol–water partition coefficient (Wildman–Crippen LogP) is 1.67. The summed E-state index contributed by atoms with van der Waals surface area (Å²) in [4.78, 5) is 11.2. The summed E-state index contributed by atoms with van der Waals surface area (Å²) in [5, 5.41) is 1.99. The van der Waals surface area contributed by atoms with E-state index in [1.54, 1.807) is 11.5 Å². The van der Waals surface area contributed by atoms with Crippen molar-refractivity contribution in [2.24, 2.45) is 0 Å². The van der Waals surface area contributed by atoms with Crippen molar-refractivity contribution in [3.63, 3.8) is 0 Å². The number of fused-ring (bicyclic) bond motifs is 2. The Labute approximate surface area is 75.4 Å². The monoisotopic (exact) mass is 191 g/mol. The van der Waals surface area contributed by atoms with Crippen LogP contribution in [-0.4, -0.2) is 3.96 Å². The van der Waals surface area contributed by atoms with E-state index in [2.05, 4.69) is 0 Å². The third kappa shape index (κ3) is 1.49. The molecule has 2 rings (SSSR count). The van der Waals surface area contributed by atoms with Crippen LogP contribution in [0.4, 0.5) is 0 Å². The fourth-order valence-electron chi connectivity index (χ4n) is 1.28. The summed E-state index contributed by atoms with van der Waals surface area (Å²) < 4.78 is 1.85. The van der Waals surface area contributed by atoms with Gasteiger partial charge in [0.2, 0.25) is 0 Å². The van der Waals surface area contributed by atoms with Crippen LogP contribution in [0.1, 0.15) is 18.4 Å². The third-order valence-corrected chi connectivity index (χ3v) is 2.87. The van der Waals surface area contributed by atoms with Gasteiger partial charge in [0.25, 0.3) is 5.56 Å². The van der Waals surface area contributed by atoms with Crippen LogP contribution in [0.5, 0.6) is 0 Å². The molecule has 0 aromatic carbocycles. The highest BCUT2D eigenvalue weighted by Gasteiger charge is 2.09. The minimum absolute atomic E-state index is 0. The normalized spacial score (nSPS) is 15.3. The van der Waals surface area contributed by atoms with E-state index in [1.807, 2.05) is 9.34 Å². The molecule has 0 fully saturated rings. The second-order valence-electron chi connectivity index (χ2n) is 2.61. The smallest absolute Gasteiger partial charge is 0.263 e. The van der Waals surface area contributed by atoms with Crippen LogP contribution in [0.25, 0.3) is 0 Å². The molecule has 2 heterocycles. The van der Waals surface area contributed by atoms with Gasteiger partial charge in [-0.25, -0.2) is 0 Å². The van der Waals surface area contributed by atoms with Crippen molar-refractivity contribution >= 4 is 23.9 Å². The van der Waals surface area contributed by atoms with Gasteiger partial charge in [-0.2, -0.15) is 0 Å². The summed E-state index contributed by atoms with van der Waals surface area (Å²) >= 11 is 1.56. The summed E-state index contributed by atoms with van der Waals surface area (Å²) in [6.45, 7) is 0.934. The highest BCUT2D eigenvalue weighted by molar-refractivity contribution is 7.04. The van der Waals surface area contributed by atoms with Gasteiger partial charge in [-0.1, -0.05) is 11.5 Å². The molecule has 0 saturated carbocycles. The van der Waals surface area contributed by atoms with E-state index in [0.717, 1.165) is 24.9 Å². The highest BCUT2D eigenvalue weighted by Crippen LogP contribution is 2.10. The molecule has 0 radical (unpaired) electrons. The van der Waals surface area contributed by atoms with E-state index in [-0.39, 0.29) is 18.0 Å². The minimum atomic E-state index is 0. The zero-order valence-electron chi connectivity index (χ0n) is 6.08. The lowest BCUT2D eigenvalue weighted by Crippen LogP contribution is -2.13. The summed E-state index contributed by atoms with van der Waals surface area (Å²) in [6, 6.07) is 0. The summed E-state index contributed by atoms with van der Waals surface area (Å²) in [7, 11) is 0. The van der Waals surface area contributed by atoms with Crippen LogP contribution in [0, 0.1) is 0 Å². The van der Waals surface area contributed by atoms with Crippen molar-refractivity contribution < 1.29 is 0 Å². The fourth-order valence-corrected chi connectivity index (χ4v) is 2.20. The molecule has 11 heavy (non-hydrogen) atoms. The number of nitrogens with zero attached hydrogens (tertiary/aromatic N) is 1. The van der Waals surface area contributed by atoms with Gasteiger partial charge in [0.15, 0.2) is 0 Å². The zero-order chi connectivity index (χ0) is 6.97. The van der Waals surface area contributed by atoms with Gasteiger partial charge >= 0.3 is 0 Å². The van der Waals surface area contributed by atoms with Crippen LogP contribution in [0.15, 0.2) is 10.2 Å². The molecule has 0 atom stereocenters. The van der Waals surface area contributed by atoms with Crippen LogP contribution < -0.4 is 5.56 Å². The van der Waals surface area contributed by atoms with Gasteiger partial charge in [0, 0.05) is 17.5 Å². The number of aryl methyl sites for hydroxylation is 2. The highest BCUT2D eigenvalue weighted by atomic mass is 35.5. The lowest BCUT2D eigenvalue weighted by molar-refractivity contribution is 0.658. The first-order valence-electron chi connectivity index (χ1n) is 3.55. The molecule has 2 bridgehead atoms. The Morgan fingerprint density at radius 2 is 2.27 bits per heavy atom. The van der Waals surface area contributed by atoms with Crippen molar-refractivity contribution in [1.29, 1.82) is 0 Å². The fraction of sp³-hybridized carbons (Fsp3) is 0.571. The van der Waals surface area contributed by atoms with E-state index < -0.39 is 0 Å². The minimum Gasteiger partial charge on any atom is -0.268 e. The van der Waals surface area contributed by atoms with Gasteiger partial charge in [0.05, 0.1) is 0 Å². The Balaban J connectivity index is 0.000000605. The molecule has 0 unspecified atom stereocenters. The summed E-state index contributed by atoms with van der Waals surface area (Å²) in [5.74, 6) is 0. The average Bonchev–Trinajstić information content (AvgIpc) is 2.06. The Morgan fingerprint density at radius 1 is 1.45 bits per heavy atom. The topological polar surface area (TPSA) is 22.0 Å². The predicted molar refractivity (Wildman–Crippen MR) is 48.8 cm³/mol. The molecule has 0 spiro atoms. The standard InChI is InChI=1S/C7H9NOS.ClH/c9-7-6-3-1-2-4-8(7)10-5-6;/h5H,1-4H2;1H. The maximum absolute atomic E-state index is 11.2. The number of hydrogen-bond acceptors (Lipinski definition) is 2. The summed E-state index contributed by atoms with van der Waals surface area (Å²) in [5.41, 5.74) is 1.27. The number of aromatic nitrogens is 1.